The highest BCUT2D eigenvalue weighted by atomic mass is 16.6. The zero-order valence-electron chi connectivity index (χ0n) is 32.8. The van der Waals surface area contributed by atoms with Crippen LogP contribution in [0.2, 0.25) is 0 Å². The summed E-state index contributed by atoms with van der Waals surface area (Å²) in [6.45, 7) is 25.0. The van der Waals surface area contributed by atoms with E-state index >= 15 is 0 Å². The van der Waals surface area contributed by atoms with Crippen molar-refractivity contribution in [3.8, 4) is 0 Å². The smallest absolute Gasteiger partial charge is 0.249 e. The van der Waals surface area contributed by atoms with Crippen molar-refractivity contribution in [2.24, 2.45) is 17.3 Å². The number of imide groups is 1. The highest BCUT2D eigenvalue weighted by molar-refractivity contribution is 6.05. The van der Waals surface area contributed by atoms with Crippen LogP contribution in [0.25, 0.3) is 0 Å². The molecule has 2 amide bonds. The molecule has 1 aliphatic rings. The summed E-state index contributed by atoms with van der Waals surface area (Å²) in [5.41, 5.74) is -0.127. The molecule has 0 aromatic rings. The minimum Gasteiger partial charge on any atom is -0.367 e. The van der Waals surface area contributed by atoms with Gasteiger partial charge in [0.05, 0.1) is 6.42 Å². The van der Waals surface area contributed by atoms with Gasteiger partial charge in [-0.25, -0.2) is 0 Å². The van der Waals surface area contributed by atoms with Gasteiger partial charge in [-0.15, -0.1) is 0 Å². The molecule has 0 aromatic heterocycles. The van der Waals surface area contributed by atoms with Gasteiger partial charge in [-0.3, -0.25) is 14.5 Å². The van der Waals surface area contributed by atoms with Crippen LogP contribution in [0, 0.1) is 17.3 Å². The Balaban J connectivity index is -0.000000608. The topological polar surface area (TPSA) is 93.6 Å². The molecule has 2 N–H and O–H groups in total. The normalized spacial score (nSPS) is 15.1. The molecule has 0 radical (unpaired) electrons. The number of carbonyl (C=O) groups excluding carboxylic acids is 2. The van der Waals surface area contributed by atoms with E-state index in [1.165, 1.54) is 69.1 Å². The predicted molar refractivity (Wildman–Crippen MR) is 202 cm³/mol. The minimum absolute atomic E-state index is 0. The maximum absolute atomic E-state index is 12.7. The molecule has 1 heterocycles. The van der Waals surface area contributed by atoms with Crippen molar-refractivity contribution in [1.82, 2.24) is 15.0 Å². The lowest BCUT2D eigenvalue weighted by molar-refractivity contribution is -0.170. The number of nitrogens with zero attached hydrogens (tertiary/aromatic N) is 3. The SMILES string of the molecule is C.CC.CCCC.CCCC(C)C.CCCCCCCCCCCN1C(=O)CC(N(O)CCC(C)CC(C)(C)CN(O)COC)C1=O. The Bertz CT molecular complexity index is 688. The molecule has 0 aromatic carbocycles. The van der Waals surface area contributed by atoms with Crippen LogP contribution < -0.4 is 0 Å². The van der Waals surface area contributed by atoms with Gasteiger partial charge >= 0.3 is 0 Å². The third kappa shape index (κ3) is 30.7. The number of rotatable bonds is 23. The molecule has 0 spiro atoms. The van der Waals surface area contributed by atoms with Crippen LogP contribution >= 0.6 is 0 Å². The predicted octanol–water partition coefficient (Wildman–Crippen LogP) is 11.0. The Kier molecular flexibility index (Phi) is 39.0. The van der Waals surface area contributed by atoms with Crippen LogP contribution in [0.15, 0.2) is 0 Å². The Hall–Kier alpha value is -1.06. The van der Waals surface area contributed by atoms with Crippen LogP contribution in [0.5, 0.6) is 0 Å². The summed E-state index contributed by atoms with van der Waals surface area (Å²) in [5, 5.41) is 22.6. The molecule has 2 atom stereocenters. The highest BCUT2D eigenvalue weighted by Crippen LogP contribution is 2.28. The Morgan fingerprint density at radius 3 is 1.77 bits per heavy atom. The third-order valence-corrected chi connectivity index (χ3v) is 8.07. The van der Waals surface area contributed by atoms with Gasteiger partial charge in [0.1, 0.15) is 12.8 Å². The first-order valence-electron chi connectivity index (χ1n) is 19.0. The second-order valence-electron chi connectivity index (χ2n) is 14.1. The molecule has 1 fully saturated rings. The van der Waals surface area contributed by atoms with Crippen LogP contribution in [0.1, 0.15) is 186 Å². The number of carbonyl (C=O) groups is 2. The fourth-order valence-corrected chi connectivity index (χ4v) is 5.60. The van der Waals surface area contributed by atoms with Gasteiger partial charge in [-0.2, -0.15) is 10.1 Å². The van der Waals surface area contributed by atoms with Gasteiger partial charge in [0.2, 0.25) is 11.8 Å². The van der Waals surface area contributed by atoms with Gasteiger partial charge in [0.15, 0.2) is 0 Å². The highest BCUT2D eigenvalue weighted by Gasteiger charge is 2.41. The lowest BCUT2D eigenvalue weighted by Gasteiger charge is -2.31. The molecule has 1 rings (SSSR count). The van der Waals surface area contributed by atoms with Gasteiger partial charge in [-0.05, 0) is 36.5 Å². The van der Waals surface area contributed by atoms with Crippen molar-refractivity contribution < 1.29 is 24.7 Å². The first kappa shape index (κ1) is 52.7. The molecule has 0 saturated carbocycles. The first-order valence-corrected chi connectivity index (χ1v) is 19.0. The standard InChI is InChI=1S/C26H51N3O5.C6H14.C4H10.C2H6.CH4/c1-6-7-8-9-10-11-12-13-14-16-28-24(30)18-23(25(28)31)29(33)17-15-22(2)19-26(3,4)20-27(32)21-34-5;1-4-5-6(2)3;1-3-4-2;1-2;/h22-23,32-33H,6-21H2,1-5H3;6H,4-5H2,1-3H3;3-4H2,1-2H3;1-2H3;1H4. The average molecular weight is 676 g/mol. The Labute approximate surface area is 294 Å². The van der Waals surface area contributed by atoms with Gasteiger partial charge in [-0.1, -0.05) is 161 Å². The van der Waals surface area contributed by atoms with E-state index in [2.05, 4.69) is 62.3 Å². The maximum atomic E-state index is 12.7. The fraction of sp³-hybridized carbons (Fsp3) is 0.949. The van der Waals surface area contributed by atoms with E-state index in [9.17, 15) is 20.0 Å². The van der Waals surface area contributed by atoms with Crippen molar-refractivity contribution in [2.45, 2.75) is 192 Å². The second-order valence-corrected chi connectivity index (χ2v) is 14.1. The number of hydroxylamine groups is 4. The van der Waals surface area contributed by atoms with Crippen LogP contribution in [-0.4, -0.2) is 76.8 Å². The van der Waals surface area contributed by atoms with Crippen LogP contribution in [0.4, 0.5) is 0 Å². The van der Waals surface area contributed by atoms with Crippen molar-refractivity contribution in [3.63, 3.8) is 0 Å². The van der Waals surface area contributed by atoms with E-state index in [0.29, 0.717) is 26.1 Å². The number of hydrogen-bond acceptors (Lipinski definition) is 7. The lowest BCUT2D eigenvalue weighted by atomic mass is 9.82. The monoisotopic (exact) mass is 676 g/mol. The zero-order chi connectivity index (χ0) is 36.0. The molecule has 2 unspecified atom stereocenters. The molecule has 0 bridgehead atoms. The fourth-order valence-electron chi connectivity index (χ4n) is 5.60. The van der Waals surface area contributed by atoms with Crippen molar-refractivity contribution in [3.05, 3.63) is 0 Å². The number of unbranched alkanes of at least 4 members (excludes halogenated alkanes) is 9. The van der Waals surface area contributed by atoms with Crippen molar-refractivity contribution in [2.75, 3.05) is 33.5 Å². The number of hydrogen-bond donors (Lipinski definition) is 2. The second kappa shape index (κ2) is 34.8. The molecule has 47 heavy (non-hydrogen) atoms. The first-order chi connectivity index (χ1) is 21.8. The largest absolute Gasteiger partial charge is 0.367 e. The summed E-state index contributed by atoms with van der Waals surface area (Å²) in [6, 6.07) is -0.763. The summed E-state index contributed by atoms with van der Waals surface area (Å²) in [5.74, 6) is 0.736. The Morgan fingerprint density at radius 2 is 1.34 bits per heavy atom. The van der Waals surface area contributed by atoms with Gasteiger partial charge in [0, 0.05) is 26.7 Å². The van der Waals surface area contributed by atoms with Gasteiger partial charge in [0.25, 0.3) is 0 Å². The summed E-state index contributed by atoms with van der Waals surface area (Å²) in [4.78, 5) is 26.5. The maximum Gasteiger partial charge on any atom is 0.249 e. The molecule has 1 saturated heterocycles. The molecule has 8 nitrogen and oxygen atoms in total. The third-order valence-electron chi connectivity index (χ3n) is 8.07. The summed E-state index contributed by atoms with van der Waals surface area (Å²) < 4.78 is 4.95. The Morgan fingerprint density at radius 1 is 0.830 bits per heavy atom. The van der Waals surface area contributed by atoms with Crippen molar-refractivity contribution >= 4 is 11.8 Å². The van der Waals surface area contributed by atoms with Crippen molar-refractivity contribution in [1.29, 1.82) is 0 Å². The quantitative estimate of drug-likeness (QED) is 0.0482. The molecular weight excluding hydrogens is 590 g/mol. The summed E-state index contributed by atoms with van der Waals surface area (Å²) in [7, 11) is 1.54. The molecular formula is C39H85N3O5. The van der Waals surface area contributed by atoms with E-state index in [-0.39, 0.29) is 43.7 Å². The van der Waals surface area contributed by atoms with E-state index < -0.39 is 6.04 Å². The van der Waals surface area contributed by atoms with E-state index in [4.69, 9.17) is 4.74 Å². The van der Waals surface area contributed by atoms with E-state index in [1.807, 2.05) is 13.8 Å². The molecule has 8 heteroatoms. The average Bonchev–Trinajstić information content (AvgIpc) is 3.28. The molecule has 0 aliphatic carbocycles. The number of amides is 2. The lowest BCUT2D eigenvalue weighted by Crippen LogP contribution is -2.41. The summed E-state index contributed by atoms with van der Waals surface area (Å²) in [6.07, 6.45) is 17.6. The number of methoxy groups -OCH3 is 1. The number of ether oxygens (including phenoxy) is 1. The van der Waals surface area contributed by atoms with E-state index in [1.54, 1.807) is 7.11 Å². The van der Waals surface area contributed by atoms with Crippen LogP contribution in [-0.2, 0) is 14.3 Å². The summed E-state index contributed by atoms with van der Waals surface area (Å²) >= 11 is 0. The number of likely N-dealkylation sites (tertiary alicyclic amines) is 1. The molecule has 286 valence electrons. The van der Waals surface area contributed by atoms with Crippen LogP contribution in [0.3, 0.4) is 0 Å². The van der Waals surface area contributed by atoms with E-state index in [0.717, 1.165) is 41.7 Å². The zero-order valence-corrected chi connectivity index (χ0v) is 32.8. The minimum atomic E-state index is -0.763. The molecule has 1 aliphatic heterocycles. The van der Waals surface area contributed by atoms with Gasteiger partial charge < -0.3 is 15.2 Å².